The third kappa shape index (κ3) is 2.61. The van der Waals surface area contributed by atoms with E-state index in [0.29, 0.717) is 10.0 Å². The van der Waals surface area contributed by atoms with Gasteiger partial charge in [-0.2, -0.15) is 5.26 Å². The van der Waals surface area contributed by atoms with Crippen molar-refractivity contribution < 1.29 is 0 Å². The van der Waals surface area contributed by atoms with E-state index in [2.05, 4.69) is 6.07 Å². The Hall–Kier alpha value is -1.49. The van der Waals surface area contributed by atoms with Crippen LogP contribution in [0.5, 0.6) is 0 Å². The molecule has 1 atom stereocenters. The first-order chi connectivity index (χ1) is 8.22. The van der Waals surface area contributed by atoms with Gasteiger partial charge in [-0.15, -0.1) is 0 Å². The highest BCUT2D eigenvalue weighted by Gasteiger charge is 2.16. The Labute approximate surface area is 110 Å². The van der Waals surface area contributed by atoms with Crippen LogP contribution in [0.3, 0.4) is 0 Å². The fraction of sp³-hybridized carbons (Fsp3) is 0.0714. The Kier molecular flexibility index (Phi) is 3.68. The van der Waals surface area contributed by atoms with Gasteiger partial charge in [0.1, 0.15) is 0 Å². The average Bonchev–Trinajstić information content (AvgIpc) is 2.34. The van der Waals surface area contributed by atoms with Gasteiger partial charge >= 0.3 is 0 Å². The van der Waals surface area contributed by atoms with Crippen molar-refractivity contribution in [3.05, 3.63) is 69.7 Å². The molecule has 3 heteroatoms. The predicted octanol–water partition coefficient (Wildman–Crippen LogP) is 4.65. The summed E-state index contributed by atoms with van der Waals surface area (Å²) in [5.41, 5.74) is 1.71. The van der Waals surface area contributed by atoms with Gasteiger partial charge < -0.3 is 0 Å². The van der Waals surface area contributed by atoms with E-state index in [1.165, 1.54) is 0 Å². The lowest BCUT2D eigenvalue weighted by molar-refractivity contribution is 1.04. The smallest absolute Gasteiger partial charge is 0.0977 e. The normalized spacial score (nSPS) is 11.8. The summed E-state index contributed by atoms with van der Waals surface area (Å²) >= 11 is 12.0. The molecular formula is C14H9Cl2N. The second kappa shape index (κ2) is 5.23. The summed E-state index contributed by atoms with van der Waals surface area (Å²) in [7, 11) is 0. The van der Waals surface area contributed by atoms with Crippen LogP contribution >= 0.6 is 23.2 Å². The SMILES string of the molecule is N#C[C@@H](c1ccccc1)c1ccc(Cl)cc1Cl. The van der Waals surface area contributed by atoms with E-state index >= 15 is 0 Å². The summed E-state index contributed by atoms with van der Waals surface area (Å²) in [6.07, 6.45) is 0. The van der Waals surface area contributed by atoms with E-state index in [1.54, 1.807) is 18.2 Å². The zero-order valence-corrected chi connectivity index (χ0v) is 10.4. The van der Waals surface area contributed by atoms with E-state index < -0.39 is 0 Å². The molecule has 0 aromatic heterocycles. The number of nitrogens with zero attached hydrogens (tertiary/aromatic N) is 1. The molecule has 0 saturated heterocycles. The maximum atomic E-state index is 9.29. The molecule has 0 aliphatic heterocycles. The number of hydrogen-bond donors (Lipinski definition) is 0. The van der Waals surface area contributed by atoms with Crippen LogP contribution in [0, 0.1) is 11.3 Å². The summed E-state index contributed by atoms with van der Waals surface area (Å²) in [4.78, 5) is 0. The molecule has 1 nitrogen and oxygen atoms in total. The fourth-order valence-corrected chi connectivity index (χ4v) is 2.22. The standard InChI is InChI=1S/C14H9Cl2N/c15-11-6-7-12(14(16)8-11)13(9-17)10-4-2-1-3-5-10/h1-8,13H/t13-/m0/s1. The Morgan fingerprint density at radius 3 is 2.29 bits per heavy atom. The third-order valence-corrected chi connectivity index (χ3v) is 3.10. The van der Waals surface area contributed by atoms with Crippen LogP contribution in [-0.4, -0.2) is 0 Å². The predicted molar refractivity (Wildman–Crippen MR) is 70.4 cm³/mol. The summed E-state index contributed by atoms with van der Waals surface area (Å²) in [5, 5.41) is 10.4. The van der Waals surface area contributed by atoms with Gasteiger partial charge in [0.05, 0.1) is 12.0 Å². The molecule has 2 rings (SSSR count). The quantitative estimate of drug-likeness (QED) is 0.772. The molecule has 0 unspecified atom stereocenters. The number of rotatable bonds is 2. The second-order valence-corrected chi connectivity index (χ2v) is 4.48. The van der Waals surface area contributed by atoms with Crippen molar-refractivity contribution in [3.63, 3.8) is 0 Å². The molecule has 0 spiro atoms. The zero-order valence-electron chi connectivity index (χ0n) is 8.90. The van der Waals surface area contributed by atoms with Crippen LogP contribution in [0.15, 0.2) is 48.5 Å². The van der Waals surface area contributed by atoms with Crippen molar-refractivity contribution in [1.29, 1.82) is 5.26 Å². The van der Waals surface area contributed by atoms with Crippen LogP contribution in [-0.2, 0) is 0 Å². The lowest BCUT2D eigenvalue weighted by Gasteiger charge is -2.11. The van der Waals surface area contributed by atoms with Crippen LogP contribution < -0.4 is 0 Å². The average molecular weight is 262 g/mol. The Morgan fingerprint density at radius 1 is 1.00 bits per heavy atom. The van der Waals surface area contributed by atoms with E-state index in [4.69, 9.17) is 23.2 Å². The van der Waals surface area contributed by atoms with E-state index in [9.17, 15) is 5.26 Å². The fourth-order valence-electron chi connectivity index (χ4n) is 1.70. The Morgan fingerprint density at radius 2 is 1.71 bits per heavy atom. The number of halogens is 2. The van der Waals surface area contributed by atoms with E-state index in [-0.39, 0.29) is 5.92 Å². The van der Waals surface area contributed by atoms with Crippen LogP contribution in [0.4, 0.5) is 0 Å². The highest BCUT2D eigenvalue weighted by molar-refractivity contribution is 6.35. The first kappa shape index (κ1) is 12.0. The summed E-state index contributed by atoms with van der Waals surface area (Å²) < 4.78 is 0. The molecule has 17 heavy (non-hydrogen) atoms. The van der Waals surface area contributed by atoms with Crippen molar-refractivity contribution in [2.24, 2.45) is 0 Å². The highest BCUT2D eigenvalue weighted by atomic mass is 35.5. The first-order valence-electron chi connectivity index (χ1n) is 5.12. The lowest BCUT2D eigenvalue weighted by Crippen LogP contribution is -1.98. The zero-order chi connectivity index (χ0) is 12.3. The van der Waals surface area contributed by atoms with Crippen LogP contribution in [0.1, 0.15) is 17.0 Å². The molecule has 0 heterocycles. The van der Waals surface area contributed by atoms with Gasteiger partial charge in [-0.1, -0.05) is 59.6 Å². The molecule has 2 aromatic rings. The summed E-state index contributed by atoms with van der Waals surface area (Å²) in [6, 6.07) is 17.0. The maximum absolute atomic E-state index is 9.29. The van der Waals surface area contributed by atoms with Gasteiger partial charge in [-0.3, -0.25) is 0 Å². The molecular weight excluding hydrogens is 253 g/mol. The van der Waals surface area contributed by atoms with Gasteiger partial charge in [0.25, 0.3) is 0 Å². The molecule has 0 bridgehead atoms. The summed E-state index contributed by atoms with van der Waals surface area (Å²) in [5.74, 6) is -0.360. The second-order valence-electron chi connectivity index (χ2n) is 3.64. The monoisotopic (exact) mass is 261 g/mol. The topological polar surface area (TPSA) is 23.8 Å². The largest absolute Gasteiger partial charge is 0.197 e. The van der Waals surface area contributed by atoms with Crippen molar-refractivity contribution >= 4 is 23.2 Å². The van der Waals surface area contributed by atoms with Gasteiger partial charge in [0.15, 0.2) is 0 Å². The third-order valence-electron chi connectivity index (χ3n) is 2.54. The highest BCUT2D eigenvalue weighted by Crippen LogP contribution is 2.31. The van der Waals surface area contributed by atoms with Gasteiger partial charge in [0, 0.05) is 10.0 Å². The van der Waals surface area contributed by atoms with Crippen molar-refractivity contribution in [3.8, 4) is 6.07 Å². The molecule has 84 valence electrons. The van der Waals surface area contributed by atoms with Crippen molar-refractivity contribution in [2.45, 2.75) is 5.92 Å². The first-order valence-corrected chi connectivity index (χ1v) is 5.87. The number of hydrogen-bond acceptors (Lipinski definition) is 1. The molecule has 0 saturated carbocycles. The van der Waals surface area contributed by atoms with Crippen LogP contribution in [0.25, 0.3) is 0 Å². The summed E-state index contributed by atoms with van der Waals surface area (Å²) in [6.45, 7) is 0. The van der Waals surface area contributed by atoms with E-state index in [0.717, 1.165) is 11.1 Å². The lowest BCUT2D eigenvalue weighted by atomic mass is 9.93. The maximum Gasteiger partial charge on any atom is 0.0977 e. The van der Waals surface area contributed by atoms with Gasteiger partial charge in [-0.25, -0.2) is 0 Å². The minimum Gasteiger partial charge on any atom is -0.197 e. The molecule has 0 N–H and O–H groups in total. The Bertz CT molecular complexity index is 558. The molecule has 2 aromatic carbocycles. The van der Waals surface area contributed by atoms with Crippen molar-refractivity contribution in [2.75, 3.05) is 0 Å². The molecule has 0 aliphatic carbocycles. The molecule has 0 amide bonds. The van der Waals surface area contributed by atoms with Gasteiger partial charge in [0.2, 0.25) is 0 Å². The van der Waals surface area contributed by atoms with Crippen molar-refractivity contribution in [1.82, 2.24) is 0 Å². The van der Waals surface area contributed by atoms with E-state index in [1.807, 2.05) is 30.3 Å². The number of benzene rings is 2. The minimum atomic E-state index is -0.360. The molecule has 0 aliphatic rings. The molecule has 0 fully saturated rings. The van der Waals surface area contributed by atoms with Gasteiger partial charge in [-0.05, 0) is 23.3 Å². The Balaban J connectivity index is 2.47. The minimum absolute atomic E-state index is 0.360. The van der Waals surface area contributed by atoms with Crippen LogP contribution in [0.2, 0.25) is 10.0 Å². The molecule has 0 radical (unpaired) electrons. The number of nitriles is 1.